The minimum Gasteiger partial charge on any atom is -0.207 e. The maximum absolute atomic E-state index is 13.5. The molecule has 4 heteroatoms. The molecule has 2 aliphatic rings. The van der Waals surface area contributed by atoms with Crippen LogP contribution in [0.15, 0.2) is 59.5 Å². The third-order valence-corrected chi connectivity index (χ3v) is 7.66. The molecular weight excluding hydrogens is 342 g/mol. The Morgan fingerprint density at radius 3 is 2.42 bits per heavy atom. The minimum atomic E-state index is -3.47. The number of benzene rings is 2. The zero-order valence-corrected chi connectivity index (χ0v) is 16.0. The van der Waals surface area contributed by atoms with Crippen LogP contribution in [0.1, 0.15) is 42.9 Å². The maximum atomic E-state index is 13.5. The van der Waals surface area contributed by atoms with Crippen molar-refractivity contribution in [2.75, 3.05) is 0 Å². The summed E-state index contributed by atoms with van der Waals surface area (Å²) in [6, 6.07) is 18.0. The molecule has 136 valence electrons. The summed E-state index contributed by atoms with van der Waals surface area (Å²) in [6.45, 7) is 2.51. The van der Waals surface area contributed by atoms with Gasteiger partial charge in [0.1, 0.15) is 0 Å². The Labute approximate surface area is 156 Å². The van der Waals surface area contributed by atoms with E-state index in [0.29, 0.717) is 23.8 Å². The Bertz CT molecular complexity index is 914. The van der Waals surface area contributed by atoms with Crippen LogP contribution in [0.3, 0.4) is 0 Å². The molecule has 0 aromatic heterocycles. The second kappa shape index (κ2) is 7.01. The highest BCUT2D eigenvalue weighted by Gasteiger charge is 2.39. The van der Waals surface area contributed by atoms with E-state index in [1.54, 1.807) is 4.31 Å². The van der Waals surface area contributed by atoms with Crippen molar-refractivity contribution < 1.29 is 8.42 Å². The van der Waals surface area contributed by atoms with Crippen LogP contribution in [0.25, 0.3) is 6.08 Å². The Morgan fingerprint density at radius 2 is 1.69 bits per heavy atom. The fourth-order valence-electron chi connectivity index (χ4n) is 3.79. The van der Waals surface area contributed by atoms with E-state index in [0.717, 1.165) is 30.4 Å². The van der Waals surface area contributed by atoms with E-state index in [2.05, 4.69) is 13.0 Å². The molecule has 0 N–H and O–H groups in total. The van der Waals surface area contributed by atoms with Crippen molar-refractivity contribution >= 4 is 16.1 Å². The lowest BCUT2D eigenvalue weighted by atomic mass is 9.98. The van der Waals surface area contributed by atoms with Crippen molar-refractivity contribution in [3.8, 4) is 0 Å². The quantitative estimate of drug-likeness (QED) is 0.748. The molecule has 0 bridgehead atoms. The van der Waals surface area contributed by atoms with E-state index in [1.165, 1.54) is 5.56 Å². The number of fused-ring (bicyclic) bond motifs is 1. The zero-order valence-electron chi connectivity index (χ0n) is 15.1. The molecule has 2 aromatic carbocycles. The molecule has 26 heavy (non-hydrogen) atoms. The molecule has 2 aromatic rings. The van der Waals surface area contributed by atoms with Crippen LogP contribution < -0.4 is 0 Å². The molecule has 0 spiro atoms. The van der Waals surface area contributed by atoms with Crippen molar-refractivity contribution in [2.45, 2.75) is 45.2 Å². The van der Waals surface area contributed by atoms with Gasteiger partial charge in [-0.15, -0.1) is 0 Å². The maximum Gasteiger partial charge on any atom is 0.239 e. The van der Waals surface area contributed by atoms with Crippen LogP contribution in [-0.4, -0.2) is 18.8 Å². The topological polar surface area (TPSA) is 37.4 Å². The summed E-state index contributed by atoms with van der Waals surface area (Å²) >= 11 is 0. The molecule has 0 heterocycles. The second-order valence-corrected chi connectivity index (χ2v) is 9.37. The summed E-state index contributed by atoms with van der Waals surface area (Å²) < 4.78 is 28.8. The largest absolute Gasteiger partial charge is 0.239 e. The molecule has 3 nitrogen and oxygen atoms in total. The van der Waals surface area contributed by atoms with Crippen LogP contribution in [0, 0.1) is 5.92 Å². The average molecular weight is 368 g/mol. The molecule has 1 saturated carbocycles. The summed E-state index contributed by atoms with van der Waals surface area (Å²) in [4.78, 5) is 0.555. The van der Waals surface area contributed by atoms with Gasteiger partial charge in [-0.05, 0) is 61.3 Å². The number of nitrogens with zero attached hydrogens (tertiary/aromatic N) is 1. The van der Waals surface area contributed by atoms with Crippen molar-refractivity contribution in [3.05, 3.63) is 76.2 Å². The first-order valence-corrected chi connectivity index (χ1v) is 10.8. The van der Waals surface area contributed by atoms with Gasteiger partial charge in [-0.3, -0.25) is 0 Å². The van der Waals surface area contributed by atoms with Crippen molar-refractivity contribution in [1.29, 1.82) is 0 Å². The van der Waals surface area contributed by atoms with Crippen LogP contribution >= 0.6 is 0 Å². The predicted octanol–water partition coefficient (Wildman–Crippen LogP) is 4.60. The van der Waals surface area contributed by atoms with Crippen LogP contribution in [0.4, 0.5) is 0 Å². The third-order valence-electron chi connectivity index (χ3n) is 5.59. The third kappa shape index (κ3) is 3.49. The Kier molecular flexibility index (Phi) is 4.72. The van der Waals surface area contributed by atoms with E-state index >= 15 is 0 Å². The van der Waals surface area contributed by atoms with Crippen molar-refractivity contribution in [3.63, 3.8) is 0 Å². The van der Waals surface area contributed by atoms with Gasteiger partial charge in [-0.2, -0.15) is 4.31 Å². The lowest BCUT2D eigenvalue weighted by molar-refractivity contribution is 0.305. The van der Waals surface area contributed by atoms with E-state index in [9.17, 15) is 8.42 Å². The lowest BCUT2D eigenvalue weighted by Gasteiger charge is -2.30. The highest BCUT2D eigenvalue weighted by molar-refractivity contribution is 7.93. The highest BCUT2D eigenvalue weighted by atomic mass is 32.2. The molecule has 0 unspecified atom stereocenters. The van der Waals surface area contributed by atoms with Gasteiger partial charge >= 0.3 is 0 Å². The summed E-state index contributed by atoms with van der Waals surface area (Å²) in [5.74, 6) is 0.491. The molecule has 0 saturated heterocycles. The number of rotatable bonds is 6. The average Bonchev–Trinajstić information content (AvgIpc) is 3.51. The smallest absolute Gasteiger partial charge is 0.207 e. The van der Waals surface area contributed by atoms with Crippen LogP contribution in [0.5, 0.6) is 0 Å². The lowest BCUT2D eigenvalue weighted by Crippen LogP contribution is -2.40. The normalized spacial score (nSPS) is 18.3. The van der Waals surface area contributed by atoms with Gasteiger partial charge in [0.05, 0.1) is 4.91 Å². The summed E-state index contributed by atoms with van der Waals surface area (Å²) in [5, 5.41) is 0. The van der Waals surface area contributed by atoms with E-state index in [1.807, 2.05) is 54.6 Å². The monoisotopic (exact) mass is 367 g/mol. The molecule has 0 aliphatic heterocycles. The fourth-order valence-corrected chi connectivity index (χ4v) is 5.65. The second-order valence-electron chi connectivity index (χ2n) is 7.42. The number of allylic oxidation sites excluding steroid dienone is 1. The van der Waals surface area contributed by atoms with Gasteiger partial charge in [0.15, 0.2) is 0 Å². The van der Waals surface area contributed by atoms with E-state index in [-0.39, 0.29) is 6.04 Å². The number of sulfonamides is 1. The van der Waals surface area contributed by atoms with Crippen molar-refractivity contribution in [2.24, 2.45) is 5.92 Å². The minimum absolute atomic E-state index is 0.0401. The predicted molar refractivity (Wildman–Crippen MR) is 106 cm³/mol. The number of hydrogen-bond donors (Lipinski definition) is 0. The molecule has 1 atom stereocenters. The zero-order chi connectivity index (χ0) is 18.1. The molecule has 0 amide bonds. The van der Waals surface area contributed by atoms with Gasteiger partial charge < -0.3 is 0 Å². The molecular formula is C22H25NO2S. The standard InChI is InChI=1S/C22H25NO2S/c1-17(19-11-12-19)23(16-18-7-3-2-4-8-18)26(24,25)22-14-13-20-9-5-6-10-21(20)15-22/h2-10,15,17,19H,11-14,16H2,1H3/t17-/m0/s1. The fraction of sp³-hybridized carbons (Fsp3) is 0.364. The molecule has 1 fully saturated rings. The van der Waals surface area contributed by atoms with Crippen LogP contribution in [0.2, 0.25) is 0 Å². The first kappa shape index (κ1) is 17.5. The van der Waals surface area contributed by atoms with Gasteiger partial charge in [0, 0.05) is 12.6 Å². The van der Waals surface area contributed by atoms with E-state index < -0.39 is 10.0 Å². The highest BCUT2D eigenvalue weighted by Crippen LogP contribution is 2.39. The van der Waals surface area contributed by atoms with Gasteiger partial charge in [0.2, 0.25) is 10.0 Å². The first-order valence-electron chi connectivity index (χ1n) is 9.40. The van der Waals surface area contributed by atoms with Gasteiger partial charge in [0.25, 0.3) is 0 Å². The Hall–Kier alpha value is -1.91. The number of aryl methyl sites for hydroxylation is 1. The first-order chi connectivity index (χ1) is 12.6. The molecule has 2 aliphatic carbocycles. The number of hydrogen-bond acceptors (Lipinski definition) is 2. The summed E-state index contributed by atoms with van der Waals surface area (Å²) in [5.41, 5.74) is 3.31. The molecule has 4 rings (SSSR count). The summed E-state index contributed by atoms with van der Waals surface area (Å²) in [6.07, 6.45) is 5.51. The van der Waals surface area contributed by atoms with Gasteiger partial charge in [-0.25, -0.2) is 8.42 Å². The Morgan fingerprint density at radius 1 is 1.00 bits per heavy atom. The SMILES string of the molecule is C[C@@H](C1CC1)N(Cc1ccccc1)S(=O)(=O)C1=Cc2ccccc2CC1. The Balaban J connectivity index is 1.69. The summed E-state index contributed by atoms with van der Waals surface area (Å²) in [7, 11) is -3.47. The van der Waals surface area contributed by atoms with Crippen molar-refractivity contribution in [1.82, 2.24) is 4.31 Å². The van der Waals surface area contributed by atoms with E-state index in [4.69, 9.17) is 0 Å². The molecule has 0 radical (unpaired) electrons. The van der Waals surface area contributed by atoms with Gasteiger partial charge in [-0.1, -0.05) is 54.6 Å². The van der Waals surface area contributed by atoms with Crippen LogP contribution in [-0.2, 0) is 23.0 Å².